The number of fused-ring (bicyclic) bond motifs is 1. The molecule has 0 N–H and O–H groups in total. The van der Waals surface area contributed by atoms with Gasteiger partial charge < -0.3 is 4.74 Å². The number of halogens is 6. The number of rotatable bonds is 2. The Morgan fingerprint density at radius 3 is 1.08 bits per heavy atom. The molecule has 19 saturated carbocycles. The minimum Gasteiger partial charge on any atom is -0.384 e. The van der Waals surface area contributed by atoms with Crippen molar-refractivity contribution in [2.24, 2.45) is 130 Å². The monoisotopic (exact) mass is 1020 g/mol. The van der Waals surface area contributed by atoms with Crippen LogP contribution >= 0.6 is 0 Å². The Kier molecular flexibility index (Phi) is 11.6. The van der Waals surface area contributed by atoms with E-state index in [0.717, 1.165) is 117 Å². The van der Waals surface area contributed by atoms with Crippen molar-refractivity contribution in [2.75, 3.05) is 13.7 Å². The van der Waals surface area contributed by atoms with Crippen LogP contribution in [0.15, 0.2) is 12.2 Å². The third kappa shape index (κ3) is 8.91. The molecule has 0 aromatic heterocycles. The van der Waals surface area contributed by atoms with Crippen molar-refractivity contribution >= 4 is 0 Å². The lowest BCUT2D eigenvalue weighted by Crippen LogP contribution is -2.23. The van der Waals surface area contributed by atoms with Crippen LogP contribution in [0.3, 0.4) is 0 Å². The van der Waals surface area contributed by atoms with Gasteiger partial charge in [0.2, 0.25) is 0 Å². The predicted molar refractivity (Wildman–Crippen MR) is 280 cm³/mol. The summed E-state index contributed by atoms with van der Waals surface area (Å²) < 4.78 is 77.4. The summed E-state index contributed by atoms with van der Waals surface area (Å²) in [6.45, 7) is 31.7. The topological polar surface area (TPSA) is 33.0 Å². The first-order valence-corrected chi connectivity index (χ1v) is 30.4. The zero-order chi connectivity index (χ0) is 53.2. The first kappa shape index (κ1) is 53.8. The summed E-state index contributed by atoms with van der Waals surface area (Å²) >= 11 is 0. The fourth-order valence-corrected chi connectivity index (χ4v) is 18.3. The van der Waals surface area contributed by atoms with Crippen molar-refractivity contribution in [3.05, 3.63) is 12.2 Å². The zero-order valence-electron chi connectivity index (χ0n) is 48.1. The van der Waals surface area contributed by atoms with Gasteiger partial charge in [-0.05, 0) is 267 Å². The van der Waals surface area contributed by atoms with E-state index >= 15 is 0 Å². The Balaban J connectivity index is 0.0000000887. The fraction of sp³-hybridized carbons (Fsp3) is 0.954. The van der Waals surface area contributed by atoms with Gasteiger partial charge in [0.25, 0.3) is 0 Å². The first-order valence-electron chi connectivity index (χ1n) is 30.4. The van der Waals surface area contributed by atoms with Crippen LogP contribution in [0.2, 0.25) is 0 Å². The van der Waals surface area contributed by atoms with Crippen molar-refractivity contribution in [2.45, 2.75) is 243 Å². The minimum absolute atomic E-state index is 0.104. The first-order chi connectivity index (χ1) is 33.7. The Hall–Kier alpha value is -1.23. The maximum absolute atomic E-state index is 12.2. The van der Waals surface area contributed by atoms with E-state index in [1.807, 2.05) is 6.92 Å². The molecule has 8 heteroatoms. The molecular formula is C65H99F6NO. The Labute approximate surface area is 439 Å². The molecule has 0 amide bonds. The molecule has 0 aromatic carbocycles. The molecule has 2 nitrogen and oxygen atoms in total. The normalized spacial score (nSPS) is 50.4. The lowest BCUT2D eigenvalue weighted by atomic mass is 10.1. The number of ether oxygens (including phenoxy) is 1. The van der Waals surface area contributed by atoms with Crippen LogP contribution in [0.5, 0.6) is 0 Å². The highest BCUT2D eigenvalue weighted by molar-refractivity contribution is 5.41. The summed E-state index contributed by atoms with van der Waals surface area (Å²) in [5.41, 5.74) is 7.22. The van der Waals surface area contributed by atoms with Crippen LogP contribution in [0.4, 0.5) is 26.3 Å². The highest BCUT2D eigenvalue weighted by Gasteiger charge is 2.85. The summed E-state index contributed by atoms with van der Waals surface area (Å²) in [4.78, 5) is 0. The van der Waals surface area contributed by atoms with Crippen LogP contribution in [0, 0.1) is 141 Å². The molecular weight excluding hydrogens is 925 g/mol. The van der Waals surface area contributed by atoms with E-state index in [-0.39, 0.29) is 16.2 Å². The van der Waals surface area contributed by atoms with Gasteiger partial charge in [0.05, 0.1) is 22.8 Å². The number of allylic oxidation sites excluding steroid dienone is 1. The lowest BCUT2D eigenvalue weighted by molar-refractivity contribution is -0.187. The molecule has 73 heavy (non-hydrogen) atoms. The van der Waals surface area contributed by atoms with Gasteiger partial charge in [-0.25, -0.2) is 0 Å². The second kappa shape index (κ2) is 15.8. The second-order valence-electron chi connectivity index (χ2n) is 32.2. The number of methoxy groups -OCH3 is 1. The molecule has 19 rings (SSSR count). The van der Waals surface area contributed by atoms with Gasteiger partial charge >= 0.3 is 12.4 Å². The summed E-state index contributed by atoms with van der Waals surface area (Å²) in [6.07, 6.45) is 22.0. The number of hydrogen-bond acceptors (Lipinski definition) is 2. The summed E-state index contributed by atoms with van der Waals surface area (Å²) in [5, 5.41) is 8.59. The highest BCUT2D eigenvalue weighted by Crippen LogP contribution is 2.92. The summed E-state index contributed by atoms with van der Waals surface area (Å²) in [6, 6.07) is 2.37. The number of hydrogen-bond donors (Lipinski definition) is 0. The molecule has 19 fully saturated rings. The van der Waals surface area contributed by atoms with Crippen LogP contribution in [0.1, 0.15) is 231 Å². The van der Waals surface area contributed by atoms with Crippen molar-refractivity contribution in [1.82, 2.24) is 0 Å². The van der Waals surface area contributed by atoms with Crippen LogP contribution in [0.25, 0.3) is 0 Å². The predicted octanol–water partition coefficient (Wildman–Crippen LogP) is 19.2. The molecule has 412 valence electrons. The quantitative estimate of drug-likeness (QED) is 0.204. The fourth-order valence-electron chi connectivity index (χ4n) is 18.3. The Bertz CT molecular complexity index is 2230. The molecule has 19 aliphatic rings. The molecule has 0 radical (unpaired) electrons. The maximum Gasteiger partial charge on any atom is 0.394 e. The third-order valence-electron chi connectivity index (χ3n) is 28.0. The molecule has 0 aliphatic heterocycles. The lowest BCUT2D eigenvalue weighted by Gasteiger charge is -2.14. The van der Waals surface area contributed by atoms with Crippen molar-refractivity contribution in [1.29, 1.82) is 5.26 Å². The van der Waals surface area contributed by atoms with Crippen molar-refractivity contribution in [3.8, 4) is 6.07 Å². The van der Waals surface area contributed by atoms with Gasteiger partial charge in [0.1, 0.15) is 0 Å². The molecule has 19 aliphatic carbocycles. The van der Waals surface area contributed by atoms with E-state index in [0.29, 0.717) is 24.2 Å². The standard InChI is InChI=1S/C8H14O.C8H12.C8H14.2C7H9F3.C7H9N.C7H12.C7H10.C6H10/c1-6-3-8(6)4-7(8)5-9-2;1-6-7(2-3-7)8(6)4-5-8;1-6-4-8(6)5-7(8,2)3;1-4-2-6(4)3-5(6)7(8,9)10;1-5(7(8,9)10)4-6(5)2-3-6;1-6(5-8)4-7(6)2-3-7;1-5-3-7(5)4-6(7)2;1-5-6(2)7(5)3-4-7;1-5-4-6(5)2-3-6/h6-7H,3-5H2,1-2H3;6H,2-5H2,1H3;6H,4-5H2,1-3H3;4-5H,2-3H2,1H3;2-4H2,1H3;2-4H2,1H3;5-6H,3-4H2,1-2H3;6H,1,3-4H2,2H3;5H,2-4H2,1H3. The third-order valence-corrected chi connectivity index (χ3v) is 28.0. The largest absolute Gasteiger partial charge is 0.394 e. The number of alkyl halides is 6. The number of nitriles is 1. The van der Waals surface area contributed by atoms with E-state index in [4.69, 9.17) is 10.00 Å². The van der Waals surface area contributed by atoms with Crippen molar-refractivity contribution in [3.63, 3.8) is 0 Å². The summed E-state index contributed by atoms with van der Waals surface area (Å²) in [5.74, 6) is 7.67. The molecule has 0 bridgehead atoms. The molecule has 0 aromatic rings. The molecule has 0 saturated heterocycles. The maximum atomic E-state index is 12.2. The van der Waals surface area contributed by atoms with Gasteiger partial charge in [-0.1, -0.05) is 88.3 Å². The van der Waals surface area contributed by atoms with Crippen LogP contribution in [-0.2, 0) is 4.74 Å². The Morgan fingerprint density at radius 2 is 0.986 bits per heavy atom. The van der Waals surface area contributed by atoms with E-state index < -0.39 is 23.7 Å². The van der Waals surface area contributed by atoms with Gasteiger partial charge in [-0.2, -0.15) is 31.6 Å². The number of nitrogens with zero attached hydrogens (tertiary/aromatic N) is 1. The molecule has 0 heterocycles. The highest BCUT2D eigenvalue weighted by atomic mass is 19.4. The van der Waals surface area contributed by atoms with E-state index in [1.54, 1.807) is 52.1 Å². The van der Waals surface area contributed by atoms with Crippen LogP contribution < -0.4 is 0 Å². The zero-order valence-corrected chi connectivity index (χ0v) is 48.1. The Morgan fingerprint density at radius 1 is 0.548 bits per heavy atom. The SMILES string of the molecule is C=C1C(C)C12CC2.CC1(C#N)CC12CC2.CC1(C(F)(F)F)CC12CC2.CC1C2(CC2)C12CC2.CC1CC12CC2.CC1CC12CC2(C)C.CC1CC12CC2C.CC1CC12CC2C(F)(F)F.COCC1CC12CC2C. The average Bonchev–Trinajstić information content (AvgIpc) is 4.06. The second-order valence-corrected chi connectivity index (χ2v) is 32.2. The van der Waals surface area contributed by atoms with Gasteiger partial charge in [0, 0.05) is 13.7 Å². The van der Waals surface area contributed by atoms with E-state index in [9.17, 15) is 26.3 Å². The van der Waals surface area contributed by atoms with Crippen molar-refractivity contribution < 1.29 is 31.1 Å². The molecule has 14 atom stereocenters. The van der Waals surface area contributed by atoms with Gasteiger partial charge in [-0.15, -0.1) is 0 Å². The van der Waals surface area contributed by atoms with Gasteiger partial charge in [0.15, 0.2) is 0 Å². The van der Waals surface area contributed by atoms with Gasteiger partial charge in [-0.3, -0.25) is 0 Å². The minimum atomic E-state index is -3.95. The van der Waals surface area contributed by atoms with E-state index in [2.05, 4.69) is 81.9 Å². The summed E-state index contributed by atoms with van der Waals surface area (Å²) in [7, 11) is 1.80. The average molecular weight is 1020 g/mol. The smallest absolute Gasteiger partial charge is 0.384 e. The molecule has 14 unspecified atom stereocenters. The van der Waals surface area contributed by atoms with E-state index in [1.165, 1.54) is 83.1 Å². The van der Waals surface area contributed by atoms with Crippen LogP contribution in [-0.4, -0.2) is 26.1 Å². The molecule has 10 spiro atoms.